The molecule has 0 saturated heterocycles. The number of fused-ring (bicyclic) bond motifs is 1. The van der Waals surface area contributed by atoms with Gasteiger partial charge in [-0.15, -0.1) is 11.3 Å². The second kappa shape index (κ2) is 8.31. The summed E-state index contributed by atoms with van der Waals surface area (Å²) in [6, 6.07) is 12.4. The average molecular weight is 344 g/mol. The summed E-state index contributed by atoms with van der Waals surface area (Å²) in [6.07, 6.45) is 4.17. The van der Waals surface area contributed by atoms with Crippen molar-refractivity contribution in [1.82, 2.24) is 5.32 Å². The number of hydrogen-bond donors (Lipinski definition) is 1. The van der Waals surface area contributed by atoms with Crippen molar-refractivity contribution < 1.29 is 9.53 Å². The summed E-state index contributed by atoms with van der Waals surface area (Å²) in [7, 11) is 0. The summed E-state index contributed by atoms with van der Waals surface area (Å²) >= 11 is 1.60. The van der Waals surface area contributed by atoms with E-state index in [2.05, 4.69) is 24.4 Å². The maximum Gasteiger partial charge on any atom is 0.214 e. The Bertz CT molecular complexity index is 620. The summed E-state index contributed by atoms with van der Waals surface area (Å²) in [4.78, 5) is 13.1. The second-order valence-electron chi connectivity index (χ2n) is 6.21. The van der Waals surface area contributed by atoms with Crippen LogP contribution in [0.5, 0.6) is 5.75 Å². The number of amides is 1. The molecule has 0 saturated carbocycles. The van der Waals surface area contributed by atoms with Gasteiger partial charge in [-0.2, -0.15) is 0 Å². The van der Waals surface area contributed by atoms with Gasteiger partial charge in [0.05, 0.1) is 5.00 Å². The minimum atomic E-state index is 0.218. The Morgan fingerprint density at radius 3 is 3.00 bits per heavy atom. The lowest BCUT2D eigenvalue weighted by Crippen LogP contribution is -2.33. The predicted molar refractivity (Wildman–Crippen MR) is 99.0 cm³/mol. The minimum absolute atomic E-state index is 0.218. The van der Waals surface area contributed by atoms with Crippen molar-refractivity contribution in [2.45, 2.75) is 38.3 Å². The summed E-state index contributed by atoms with van der Waals surface area (Å²) in [5.74, 6) is 1.02. The molecule has 1 aromatic heterocycles. The molecule has 0 radical (unpaired) electrons. The maximum absolute atomic E-state index is 11.3. The van der Waals surface area contributed by atoms with E-state index in [1.807, 2.05) is 34.5 Å². The molecule has 0 fully saturated rings. The molecular formula is C19H24N2O2S. The first-order chi connectivity index (χ1) is 11.8. The molecule has 1 N–H and O–H groups in total. The Labute approximate surface area is 147 Å². The number of nitrogens with zero attached hydrogens (tertiary/aromatic N) is 1. The van der Waals surface area contributed by atoms with Crippen molar-refractivity contribution in [2.24, 2.45) is 0 Å². The number of hydrogen-bond acceptors (Lipinski definition) is 4. The third kappa shape index (κ3) is 4.16. The first-order valence-electron chi connectivity index (χ1n) is 8.50. The van der Waals surface area contributed by atoms with Crippen LogP contribution >= 0.6 is 11.3 Å². The van der Waals surface area contributed by atoms with Gasteiger partial charge in [0.25, 0.3) is 0 Å². The fraction of sp³-hybridized carbons (Fsp3) is 0.421. The highest BCUT2D eigenvalue weighted by Crippen LogP contribution is 2.27. The van der Waals surface area contributed by atoms with Crippen LogP contribution in [0, 0.1) is 0 Å². The van der Waals surface area contributed by atoms with E-state index in [0.29, 0.717) is 0 Å². The van der Waals surface area contributed by atoms with Gasteiger partial charge in [-0.1, -0.05) is 18.2 Å². The van der Waals surface area contributed by atoms with Crippen LogP contribution in [-0.2, 0) is 11.2 Å². The van der Waals surface area contributed by atoms with Crippen molar-refractivity contribution in [1.29, 1.82) is 0 Å². The molecule has 2 unspecified atom stereocenters. The van der Waals surface area contributed by atoms with Crippen molar-refractivity contribution in [3.05, 3.63) is 47.3 Å². The van der Waals surface area contributed by atoms with Crippen molar-refractivity contribution in [3.8, 4) is 5.75 Å². The van der Waals surface area contributed by atoms with Crippen LogP contribution in [0.1, 0.15) is 25.3 Å². The summed E-state index contributed by atoms with van der Waals surface area (Å²) in [6.45, 7) is 3.91. The van der Waals surface area contributed by atoms with Crippen LogP contribution in [0.3, 0.4) is 0 Å². The van der Waals surface area contributed by atoms with E-state index in [4.69, 9.17) is 4.74 Å². The highest BCUT2D eigenvalue weighted by Gasteiger charge is 2.21. The lowest BCUT2D eigenvalue weighted by atomic mass is 10.1. The molecule has 128 valence electrons. The van der Waals surface area contributed by atoms with E-state index in [1.54, 1.807) is 11.3 Å². The fourth-order valence-corrected chi connectivity index (χ4v) is 3.88. The molecule has 3 rings (SSSR count). The molecule has 1 amide bonds. The molecule has 2 heterocycles. The van der Waals surface area contributed by atoms with Crippen LogP contribution in [-0.4, -0.2) is 31.6 Å². The third-order valence-electron chi connectivity index (χ3n) is 4.41. The number of nitrogens with one attached hydrogen (secondary N) is 1. The zero-order valence-electron chi connectivity index (χ0n) is 14.0. The summed E-state index contributed by atoms with van der Waals surface area (Å²) in [5, 5.41) is 6.50. The Balaban J connectivity index is 1.34. The van der Waals surface area contributed by atoms with Gasteiger partial charge in [-0.3, -0.25) is 4.79 Å². The van der Waals surface area contributed by atoms with Gasteiger partial charge in [0.15, 0.2) is 0 Å². The van der Waals surface area contributed by atoms with Gasteiger partial charge in [0.1, 0.15) is 11.9 Å². The Hall–Kier alpha value is -1.85. The van der Waals surface area contributed by atoms with Gasteiger partial charge in [0, 0.05) is 19.0 Å². The molecular weight excluding hydrogens is 320 g/mol. The lowest BCUT2D eigenvalue weighted by molar-refractivity contribution is -0.107. The summed E-state index contributed by atoms with van der Waals surface area (Å²) < 4.78 is 5.92. The Kier molecular flexibility index (Phi) is 5.88. The second-order valence-corrected chi connectivity index (χ2v) is 7.14. The number of para-hydroxylation sites is 1. The van der Waals surface area contributed by atoms with Crippen LogP contribution < -0.4 is 15.0 Å². The molecule has 2 aromatic rings. The number of carbonyl (C=O) groups is 1. The van der Waals surface area contributed by atoms with Gasteiger partial charge in [-0.25, -0.2) is 0 Å². The highest BCUT2D eigenvalue weighted by molar-refractivity contribution is 7.14. The molecule has 0 spiro atoms. The minimum Gasteiger partial charge on any atom is -0.488 e. The Morgan fingerprint density at radius 1 is 1.38 bits per heavy atom. The topological polar surface area (TPSA) is 41.6 Å². The number of thiophene rings is 1. The molecule has 1 aliphatic heterocycles. The summed E-state index contributed by atoms with van der Waals surface area (Å²) in [5.41, 5.74) is 1.30. The van der Waals surface area contributed by atoms with Crippen LogP contribution in [0.25, 0.3) is 0 Å². The fourth-order valence-electron chi connectivity index (χ4n) is 3.08. The smallest absolute Gasteiger partial charge is 0.214 e. The molecule has 24 heavy (non-hydrogen) atoms. The molecule has 0 aliphatic carbocycles. The highest BCUT2D eigenvalue weighted by atomic mass is 32.1. The van der Waals surface area contributed by atoms with E-state index < -0.39 is 0 Å². The average Bonchev–Trinajstić information content (AvgIpc) is 3.24. The molecule has 5 heteroatoms. The van der Waals surface area contributed by atoms with Gasteiger partial charge in [-0.05, 0) is 55.5 Å². The van der Waals surface area contributed by atoms with Crippen LogP contribution in [0.2, 0.25) is 0 Å². The number of ether oxygens (including phenoxy) is 1. The molecule has 1 aromatic carbocycles. The van der Waals surface area contributed by atoms with E-state index in [-0.39, 0.29) is 12.1 Å². The third-order valence-corrected chi connectivity index (χ3v) is 5.29. The van der Waals surface area contributed by atoms with Crippen molar-refractivity contribution in [3.63, 3.8) is 0 Å². The van der Waals surface area contributed by atoms with Crippen molar-refractivity contribution in [2.75, 3.05) is 18.0 Å². The van der Waals surface area contributed by atoms with E-state index >= 15 is 0 Å². The standard InChI is InChI=1S/C19H24N2O2S/c1-15(21(14-22)19-9-5-11-24-19)6-4-10-20-13-17-12-16-7-2-3-8-18(16)23-17/h2-3,5,7-9,11,14-15,17,20H,4,6,10,12-13H2,1H3. The molecule has 1 aliphatic rings. The first kappa shape index (κ1) is 17.0. The Morgan fingerprint density at radius 2 is 2.25 bits per heavy atom. The maximum atomic E-state index is 11.3. The number of benzene rings is 1. The first-order valence-corrected chi connectivity index (χ1v) is 9.38. The number of anilines is 1. The number of carbonyl (C=O) groups excluding carboxylic acids is 1. The zero-order valence-corrected chi connectivity index (χ0v) is 14.8. The quantitative estimate of drug-likeness (QED) is 0.559. The van der Waals surface area contributed by atoms with Crippen LogP contribution in [0.15, 0.2) is 41.8 Å². The van der Waals surface area contributed by atoms with E-state index in [9.17, 15) is 4.79 Å². The monoisotopic (exact) mass is 344 g/mol. The number of rotatable bonds is 9. The van der Waals surface area contributed by atoms with E-state index in [0.717, 1.165) is 49.5 Å². The van der Waals surface area contributed by atoms with Crippen LogP contribution in [0.4, 0.5) is 5.00 Å². The lowest BCUT2D eigenvalue weighted by Gasteiger charge is -2.23. The normalized spacial score (nSPS) is 17.1. The van der Waals surface area contributed by atoms with Crippen molar-refractivity contribution >= 4 is 22.7 Å². The zero-order chi connectivity index (χ0) is 16.8. The van der Waals surface area contributed by atoms with Gasteiger partial charge < -0.3 is 15.0 Å². The predicted octanol–water partition coefficient (Wildman–Crippen LogP) is 3.47. The SMILES string of the molecule is CC(CCCNCC1Cc2ccccc2O1)N(C=O)c1cccs1. The van der Waals surface area contributed by atoms with Gasteiger partial charge >= 0.3 is 0 Å². The molecule has 2 atom stereocenters. The largest absolute Gasteiger partial charge is 0.488 e. The molecule has 0 bridgehead atoms. The van der Waals surface area contributed by atoms with Gasteiger partial charge in [0.2, 0.25) is 6.41 Å². The van der Waals surface area contributed by atoms with E-state index in [1.165, 1.54) is 5.56 Å². The molecule has 4 nitrogen and oxygen atoms in total.